The average Bonchev–Trinajstić information content (AvgIpc) is 2.97. The van der Waals surface area contributed by atoms with Crippen LogP contribution in [0.2, 0.25) is 0 Å². The maximum absolute atomic E-state index is 12.3. The van der Waals surface area contributed by atoms with E-state index >= 15 is 0 Å². The smallest absolute Gasteiger partial charge is 0.241 e. The number of halogens is 1. The van der Waals surface area contributed by atoms with Crippen LogP contribution < -0.4 is 10.0 Å². The van der Waals surface area contributed by atoms with E-state index in [0.29, 0.717) is 22.7 Å². The molecule has 27 heavy (non-hydrogen) atoms. The van der Waals surface area contributed by atoms with Gasteiger partial charge in [-0.05, 0) is 48.0 Å². The molecule has 142 valence electrons. The van der Waals surface area contributed by atoms with Crippen molar-refractivity contribution in [1.29, 1.82) is 0 Å². The molecule has 10 heteroatoms. The van der Waals surface area contributed by atoms with E-state index in [1.54, 1.807) is 35.0 Å². The second kappa shape index (κ2) is 8.15. The molecule has 2 heterocycles. The average molecular weight is 451 g/mol. The van der Waals surface area contributed by atoms with Crippen LogP contribution >= 0.6 is 15.9 Å². The monoisotopic (exact) mass is 450 g/mol. The maximum Gasteiger partial charge on any atom is 0.241 e. The molecule has 8 nitrogen and oxygen atoms in total. The molecule has 0 unspecified atom stereocenters. The minimum atomic E-state index is -3.58. The molecule has 0 aliphatic heterocycles. The van der Waals surface area contributed by atoms with Gasteiger partial charge in [0.2, 0.25) is 10.0 Å². The molecule has 0 aliphatic rings. The van der Waals surface area contributed by atoms with Crippen LogP contribution in [0, 0.1) is 13.8 Å². The Bertz CT molecular complexity index is 1050. The molecule has 2 aromatic heterocycles. The summed E-state index contributed by atoms with van der Waals surface area (Å²) in [6, 6.07) is 10.4. The number of hydrogen-bond donors (Lipinski definition) is 2. The first-order valence-corrected chi connectivity index (χ1v) is 10.5. The summed E-state index contributed by atoms with van der Waals surface area (Å²) in [5.41, 5.74) is 1.88. The fourth-order valence-electron chi connectivity index (χ4n) is 2.54. The van der Waals surface area contributed by atoms with Crippen molar-refractivity contribution in [3.05, 3.63) is 58.6 Å². The molecule has 0 spiro atoms. The molecule has 0 bridgehead atoms. The number of rotatable bonds is 7. The van der Waals surface area contributed by atoms with Crippen LogP contribution in [-0.4, -0.2) is 41.3 Å². The van der Waals surface area contributed by atoms with Crippen molar-refractivity contribution in [2.24, 2.45) is 0 Å². The molecule has 1 aromatic carbocycles. The highest BCUT2D eigenvalue weighted by Gasteiger charge is 2.16. The molecule has 0 atom stereocenters. The van der Waals surface area contributed by atoms with Crippen molar-refractivity contribution < 1.29 is 8.42 Å². The normalized spacial score (nSPS) is 11.5. The number of aryl methyl sites for hydroxylation is 2. The summed E-state index contributed by atoms with van der Waals surface area (Å²) in [5.74, 6) is 1.24. The molecular formula is C17H19BrN6O2S. The van der Waals surface area contributed by atoms with E-state index in [1.807, 2.05) is 19.9 Å². The van der Waals surface area contributed by atoms with Crippen LogP contribution in [0.25, 0.3) is 5.82 Å². The second-order valence-electron chi connectivity index (χ2n) is 5.86. The summed E-state index contributed by atoms with van der Waals surface area (Å²) in [6.07, 6.45) is 1.44. The molecule has 0 saturated heterocycles. The first-order chi connectivity index (χ1) is 12.9. The van der Waals surface area contributed by atoms with E-state index in [-0.39, 0.29) is 11.4 Å². The molecular weight excluding hydrogens is 432 g/mol. The first kappa shape index (κ1) is 19.5. The van der Waals surface area contributed by atoms with Gasteiger partial charge < -0.3 is 5.32 Å². The van der Waals surface area contributed by atoms with Gasteiger partial charge in [0, 0.05) is 29.3 Å². The number of nitrogens with zero attached hydrogens (tertiary/aromatic N) is 4. The lowest BCUT2D eigenvalue weighted by atomic mass is 10.4. The summed E-state index contributed by atoms with van der Waals surface area (Å²) < 4.78 is 29.5. The molecule has 2 N–H and O–H groups in total. The summed E-state index contributed by atoms with van der Waals surface area (Å²) in [6.45, 7) is 4.45. The van der Waals surface area contributed by atoms with E-state index in [9.17, 15) is 8.42 Å². The summed E-state index contributed by atoms with van der Waals surface area (Å²) in [4.78, 5) is 8.60. The molecule has 3 aromatic rings. The predicted molar refractivity (Wildman–Crippen MR) is 106 cm³/mol. The number of aromatic nitrogens is 4. The third-order valence-electron chi connectivity index (χ3n) is 3.73. The van der Waals surface area contributed by atoms with E-state index in [1.165, 1.54) is 6.33 Å². The van der Waals surface area contributed by atoms with Gasteiger partial charge in [-0.15, -0.1) is 0 Å². The molecule has 0 fully saturated rings. The van der Waals surface area contributed by atoms with Gasteiger partial charge in [-0.25, -0.2) is 27.8 Å². The summed E-state index contributed by atoms with van der Waals surface area (Å²) in [7, 11) is -3.58. The molecule has 0 saturated carbocycles. The molecule has 0 aliphatic carbocycles. The van der Waals surface area contributed by atoms with Crippen molar-refractivity contribution in [2.75, 3.05) is 18.4 Å². The van der Waals surface area contributed by atoms with Crippen LogP contribution in [0.3, 0.4) is 0 Å². The zero-order chi connectivity index (χ0) is 19.4. The van der Waals surface area contributed by atoms with E-state index < -0.39 is 10.0 Å². The standard InChI is InChI=1S/C17H19BrN6O2S/c1-12-9-13(2)24(23-12)17-10-16(20-11-21-17)19-7-8-22-27(25,26)15-6-4-3-5-14(15)18/h3-6,9-11,22H,7-8H2,1-2H3,(H,19,20,21). The quantitative estimate of drug-likeness (QED) is 0.535. The highest BCUT2D eigenvalue weighted by molar-refractivity contribution is 9.10. The minimum Gasteiger partial charge on any atom is -0.369 e. The van der Waals surface area contributed by atoms with Crippen molar-refractivity contribution in [2.45, 2.75) is 18.7 Å². The van der Waals surface area contributed by atoms with Crippen molar-refractivity contribution in [1.82, 2.24) is 24.5 Å². The zero-order valence-electron chi connectivity index (χ0n) is 14.8. The third-order valence-corrected chi connectivity index (χ3v) is 6.20. The van der Waals surface area contributed by atoms with Gasteiger partial charge in [0.05, 0.1) is 10.6 Å². The Kier molecular flexibility index (Phi) is 5.88. The molecule has 0 amide bonds. The van der Waals surface area contributed by atoms with Crippen LogP contribution in [0.15, 0.2) is 52.1 Å². The molecule has 0 radical (unpaired) electrons. The van der Waals surface area contributed by atoms with E-state index in [2.05, 4.69) is 41.0 Å². The largest absolute Gasteiger partial charge is 0.369 e. The van der Waals surface area contributed by atoms with Crippen molar-refractivity contribution in [3.8, 4) is 5.82 Å². The van der Waals surface area contributed by atoms with Crippen LogP contribution in [0.1, 0.15) is 11.4 Å². The zero-order valence-corrected chi connectivity index (χ0v) is 17.2. The number of benzene rings is 1. The Labute approximate surface area is 166 Å². The summed E-state index contributed by atoms with van der Waals surface area (Å²) in [5, 5.41) is 7.48. The van der Waals surface area contributed by atoms with Crippen molar-refractivity contribution in [3.63, 3.8) is 0 Å². The highest BCUT2D eigenvalue weighted by Crippen LogP contribution is 2.20. The fraction of sp³-hybridized carbons (Fsp3) is 0.235. The Hall–Kier alpha value is -2.30. The second-order valence-corrected chi connectivity index (χ2v) is 8.45. The topological polar surface area (TPSA) is 102 Å². The number of hydrogen-bond acceptors (Lipinski definition) is 6. The van der Waals surface area contributed by atoms with E-state index in [0.717, 1.165) is 11.4 Å². The number of sulfonamides is 1. The Morgan fingerprint density at radius 3 is 2.59 bits per heavy atom. The van der Waals surface area contributed by atoms with Gasteiger partial charge in [-0.1, -0.05) is 12.1 Å². The first-order valence-electron chi connectivity index (χ1n) is 8.20. The lowest BCUT2D eigenvalue weighted by molar-refractivity contribution is 0.582. The maximum atomic E-state index is 12.3. The predicted octanol–water partition coefficient (Wildman–Crippen LogP) is 2.43. The van der Waals surface area contributed by atoms with Gasteiger partial charge in [0.15, 0.2) is 5.82 Å². The van der Waals surface area contributed by atoms with Crippen LogP contribution in [0.4, 0.5) is 5.82 Å². The Balaban J connectivity index is 1.61. The van der Waals surface area contributed by atoms with Crippen molar-refractivity contribution >= 4 is 31.8 Å². The lowest BCUT2D eigenvalue weighted by Gasteiger charge is -2.10. The highest BCUT2D eigenvalue weighted by atomic mass is 79.9. The number of nitrogens with one attached hydrogen (secondary N) is 2. The molecule has 3 rings (SSSR count). The van der Waals surface area contributed by atoms with Crippen LogP contribution in [0.5, 0.6) is 0 Å². The van der Waals surface area contributed by atoms with Gasteiger partial charge in [-0.3, -0.25) is 0 Å². The number of anilines is 1. The van der Waals surface area contributed by atoms with Gasteiger partial charge in [0.1, 0.15) is 12.1 Å². The van der Waals surface area contributed by atoms with Gasteiger partial charge in [-0.2, -0.15) is 5.10 Å². The van der Waals surface area contributed by atoms with E-state index in [4.69, 9.17) is 0 Å². The Morgan fingerprint density at radius 2 is 1.89 bits per heavy atom. The van der Waals surface area contributed by atoms with Gasteiger partial charge >= 0.3 is 0 Å². The fourth-order valence-corrected chi connectivity index (χ4v) is 4.57. The third kappa shape index (κ3) is 4.71. The Morgan fingerprint density at radius 1 is 1.11 bits per heavy atom. The lowest BCUT2D eigenvalue weighted by Crippen LogP contribution is -2.29. The SMILES string of the molecule is Cc1cc(C)n(-c2cc(NCCNS(=O)(=O)c3ccccc3Br)ncn2)n1. The minimum absolute atomic E-state index is 0.207. The summed E-state index contributed by atoms with van der Waals surface area (Å²) >= 11 is 3.26. The van der Waals surface area contributed by atoms with Gasteiger partial charge in [0.25, 0.3) is 0 Å². The van der Waals surface area contributed by atoms with Crippen LogP contribution in [-0.2, 0) is 10.0 Å².